The zero-order valence-electron chi connectivity index (χ0n) is 6.17. The zero-order chi connectivity index (χ0) is 7.14. The molecule has 4 unspecified atom stereocenters. The Bertz CT molecular complexity index is 138. The lowest BCUT2D eigenvalue weighted by Gasteiger charge is -2.15. The molecular formula is C7H14N2O. The van der Waals surface area contributed by atoms with Crippen molar-refractivity contribution in [1.29, 1.82) is 0 Å². The highest BCUT2D eigenvalue weighted by Gasteiger charge is 2.43. The lowest BCUT2D eigenvalue weighted by Crippen LogP contribution is -2.45. The van der Waals surface area contributed by atoms with Gasteiger partial charge in [-0.25, -0.2) is 0 Å². The molecule has 0 aromatic heterocycles. The summed E-state index contributed by atoms with van der Waals surface area (Å²) in [6.07, 6.45) is 0.844. The smallest absolute Gasteiger partial charge is 0.160 e. The molecule has 3 heteroatoms. The number of nitrogens with one attached hydrogen (secondary N) is 2. The molecule has 0 amide bonds. The van der Waals surface area contributed by atoms with Gasteiger partial charge in [-0.15, -0.1) is 0 Å². The van der Waals surface area contributed by atoms with Gasteiger partial charge in [-0.1, -0.05) is 0 Å². The van der Waals surface area contributed by atoms with E-state index in [0.29, 0.717) is 6.04 Å². The van der Waals surface area contributed by atoms with Gasteiger partial charge in [0, 0.05) is 12.6 Å². The van der Waals surface area contributed by atoms with Crippen molar-refractivity contribution >= 4 is 0 Å². The second-order valence-electron chi connectivity index (χ2n) is 3.43. The van der Waals surface area contributed by atoms with Gasteiger partial charge in [0.05, 0.1) is 0 Å². The van der Waals surface area contributed by atoms with Crippen LogP contribution in [0.4, 0.5) is 0 Å². The standard InChI is InChI=1S/C7H14N2O/c1-4-6-2-5(6)3-8-7(10)9-4/h4-10H,2-3H2,1H3. The molecule has 4 atom stereocenters. The summed E-state index contributed by atoms with van der Waals surface area (Å²) >= 11 is 0. The van der Waals surface area contributed by atoms with Crippen LogP contribution in [0.15, 0.2) is 0 Å². The van der Waals surface area contributed by atoms with Crippen molar-refractivity contribution in [2.45, 2.75) is 25.7 Å². The first-order valence-electron chi connectivity index (χ1n) is 3.95. The fraction of sp³-hybridized carbons (Fsp3) is 1.00. The average Bonchev–Trinajstić information content (AvgIpc) is 2.59. The lowest BCUT2D eigenvalue weighted by atomic mass is 10.2. The quantitative estimate of drug-likeness (QED) is 0.426. The third kappa shape index (κ3) is 1.05. The van der Waals surface area contributed by atoms with Crippen molar-refractivity contribution in [3.05, 3.63) is 0 Å². The Morgan fingerprint density at radius 1 is 1.50 bits per heavy atom. The van der Waals surface area contributed by atoms with Crippen molar-refractivity contribution in [2.24, 2.45) is 11.8 Å². The van der Waals surface area contributed by atoms with Gasteiger partial charge in [0.15, 0.2) is 6.35 Å². The second kappa shape index (κ2) is 2.19. The first-order chi connectivity index (χ1) is 4.77. The van der Waals surface area contributed by atoms with Gasteiger partial charge < -0.3 is 5.11 Å². The number of hydrogen-bond donors (Lipinski definition) is 3. The van der Waals surface area contributed by atoms with E-state index >= 15 is 0 Å². The summed E-state index contributed by atoms with van der Waals surface area (Å²) < 4.78 is 0. The minimum atomic E-state index is -0.484. The fourth-order valence-electron chi connectivity index (χ4n) is 1.81. The third-order valence-corrected chi connectivity index (χ3v) is 2.61. The summed E-state index contributed by atoms with van der Waals surface area (Å²) in [5.41, 5.74) is 0. The number of rotatable bonds is 0. The number of fused-ring (bicyclic) bond motifs is 1. The maximum atomic E-state index is 9.18. The molecular weight excluding hydrogens is 128 g/mol. The van der Waals surface area contributed by atoms with E-state index in [2.05, 4.69) is 17.6 Å². The van der Waals surface area contributed by atoms with Gasteiger partial charge in [-0.05, 0) is 25.2 Å². The first-order valence-corrected chi connectivity index (χ1v) is 3.95. The Hall–Kier alpha value is -0.120. The summed E-state index contributed by atoms with van der Waals surface area (Å²) in [5, 5.41) is 15.3. The molecule has 3 nitrogen and oxygen atoms in total. The van der Waals surface area contributed by atoms with Crippen molar-refractivity contribution < 1.29 is 5.11 Å². The first kappa shape index (κ1) is 6.58. The maximum absolute atomic E-state index is 9.18. The van der Waals surface area contributed by atoms with Crippen molar-refractivity contribution in [1.82, 2.24) is 10.6 Å². The fourth-order valence-corrected chi connectivity index (χ4v) is 1.81. The predicted octanol–water partition coefficient (Wildman–Crippen LogP) is -0.520. The summed E-state index contributed by atoms with van der Waals surface area (Å²) in [5.74, 6) is 1.63. The average molecular weight is 142 g/mol. The molecule has 0 spiro atoms. The van der Waals surface area contributed by atoms with Crippen molar-refractivity contribution in [3.8, 4) is 0 Å². The maximum Gasteiger partial charge on any atom is 0.160 e. The minimum absolute atomic E-state index is 0.481. The molecule has 0 bridgehead atoms. The Labute approximate surface area is 60.8 Å². The molecule has 2 aliphatic rings. The Morgan fingerprint density at radius 3 is 3.10 bits per heavy atom. The largest absolute Gasteiger partial charge is 0.365 e. The summed E-state index contributed by atoms with van der Waals surface area (Å²) in [4.78, 5) is 0. The summed E-state index contributed by atoms with van der Waals surface area (Å²) in [6.45, 7) is 3.12. The molecule has 1 saturated heterocycles. The second-order valence-corrected chi connectivity index (χ2v) is 3.43. The van der Waals surface area contributed by atoms with Gasteiger partial charge >= 0.3 is 0 Å². The van der Waals surface area contributed by atoms with Gasteiger partial charge in [0.25, 0.3) is 0 Å². The molecule has 3 N–H and O–H groups in total. The van der Waals surface area contributed by atoms with E-state index in [9.17, 15) is 5.11 Å². The van der Waals surface area contributed by atoms with Gasteiger partial charge in [-0.3, -0.25) is 10.6 Å². The Kier molecular flexibility index (Phi) is 1.44. The van der Waals surface area contributed by atoms with Crippen LogP contribution >= 0.6 is 0 Å². The summed E-state index contributed by atoms with van der Waals surface area (Å²) in [7, 11) is 0. The van der Waals surface area contributed by atoms with E-state index in [1.54, 1.807) is 0 Å². The highest BCUT2D eigenvalue weighted by atomic mass is 16.3. The van der Waals surface area contributed by atoms with Crippen LogP contribution in [0.1, 0.15) is 13.3 Å². The summed E-state index contributed by atoms with van der Waals surface area (Å²) in [6, 6.07) is 0.481. The Morgan fingerprint density at radius 2 is 2.30 bits per heavy atom. The van der Waals surface area contributed by atoms with E-state index in [1.807, 2.05) is 0 Å². The molecule has 1 aliphatic carbocycles. The highest BCUT2D eigenvalue weighted by molar-refractivity contribution is 4.96. The lowest BCUT2D eigenvalue weighted by molar-refractivity contribution is 0.0952. The SMILES string of the molecule is CC1NC(O)NCC2CC21. The molecule has 1 aliphatic heterocycles. The molecule has 0 aromatic carbocycles. The molecule has 10 heavy (non-hydrogen) atoms. The van der Waals surface area contributed by atoms with Crippen LogP contribution in [0.5, 0.6) is 0 Å². The van der Waals surface area contributed by atoms with Crippen LogP contribution in [-0.2, 0) is 0 Å². The van der Waals surface area contributed by atoms with Crippen molar-refractivity contribution in [2.75, 3.05) is 6.54 Å². The van der Waals surface area contributed by atoms with E-state index < -0.39 is 6.35 Å². The normalized spacial score (nSPS) is 53.4. The van der Waals surface area contributed by atoms with Crippen LogP contribution in [0, 0.1) is 11.8 Å². The molecule has 58 valence electrons. The molecule has 1 heterocycles. The number of aliphatic hydroxyl groups is 1. The topological polar surface area (TPSA) is 44.3 Å². The monoisotopic (exact) mass is 142 g/mol. The van der Waals surface area contributed by atoms with Gasteiger partial charge in [0.1, 0.15) is 0 Å². The van der Waals surface area contributed by atoms with Crippen LogP contribution in [0.2, 0.25) is 0 Å². The molecule has 2 fully saturated rings. The predicted molar refractivity (Wildman–Crippen MR) is 38.2 cm³/mol. The molecule has 2 rings (SSSR count). The zero-order valence-corrected chi connectivity index (χ0v) is 6.17. The molecule has 0 aromatic rings. The van der Waals surface area contributed by atoms with Crippen LogP contribution < -0.4 is 10.6 Å². The van der Waals surface area contributed by atoms with E-state index in [-0.39, 0.29) is 0 Å². The molecule has 1 saturated carbocycles. The number of aliphatic hydroxyl groups excluding tert-OH is 1. The van der Waals surface area contributed by atoms with Gasteiger partial charge in [-0.2, -0.15) is 0 Å². The van der Waals surface area contributed by atoms with Gasteiger partial charge in [0.2, 0.25) is 0 Å². The third-order valence-electron chi connectivity index (χ3n) is 2.61. The van der Waals surface area contributed by atoms with Crippen LogP contribution in [0.3, 0.4) is 0 Å². The van der Waals surface area contributed by atoms with Crippen LogP contribution in [0.25, 0.3) is 0 Å². The van der Waals surface area contributed by atoms with Crippen LogP contribution in [-0.4, -0.2) is 24.0 Å². The van der Waals surface area contributed by atoms with Crippen molar-refractivity contribution in [3.63, 3.8) is 0 Å². The minimum Gasteiger partial charge on any atom is -0.365 e. The van der Waals surface area contributed by atoms with E-state index in [4.69, 9.17) is 0 Å². The molecule has 0 radical (unpaired) electrons. The van der Waals surface area contributed by atoms with E-state index in [1.165, 1.54) is 6.42 Å². The number of hydrogen-bond acceptors (Lipinski definition) is 3. The highest BCUT2D eigenvalue weighted by Crippen LogP contribution is 2.41. The van der Waals surface area contributed by atoms with E-state index in [0.717, 1.165) is 18.4 Å². The Balaban J connectivity index is 1.97.